The Kier molecular flexibility index (Phi) is 6.82. The average Bonchev–Trinajstić information content (AvgIpc) is 3.72. The van der Waals surface area contributed by atoms with Crippen LogP contribution in [0.15, 0.2) is 53.5 Å². The summed E-state index contributed by atoms with van der Waals surface area (Å²) in [5.41, 5.74) is 5.16. The average molecular weight is 582 g/mol. The minimum Gasteiger partial charge on any atom is -0.353 e. The maximum Gasteiger partial charge on any atom is 0.274 e. The van der Waals surface area contributed by atoms with Crippen LogP contribution in [0.4, 0.5) is 23.0 Å². The van der Waals surface area contributed by atoms with Gasteiger partial charge in [0, 0.05) is 55.6 Å². The number of amides is 1. The zero-order chi connectivity index (χ0) is 29.0. The number of likely N-dealkylation sites (N-methyl/N-ethyl adjacent to an activating group) is 1. The summed E-state index contributed by atoms with van der Waals surface area (Å²) in [5.74, 6) is 2.58. The van der Waals surface area contributed by atoms with E-state index < -0.39 is 0 Å². The summed E-state index contributed by atoms with van der Waals surface area (Å²) in [4.78, 5) is 33.1. The number of pyridine rings is 1. The van der Waals surface area contributed by atoms with Gasteiger partial charge in [0.25, 0.3) is 11.5 Å². The van der Waals surface area contributed by atoms with Crippen molar-refractivity contribution >= 4 is 40.3 Å². The van der Waals surface area contributed by atoms with Crippen LogP contribution in [0.2, 0.25) is 0 Å². The summed E-state index contributed by atoms with van der Waals surface area (Å²) in [7, 11) is 3.86. The Morgan fingerprint density at radius 3 is 2.55 bits per heavy atom. The molecule has 3 aromatic heterocycles. The van der Waals surface area contributed by atoms with Crippen LogP contribution in [0.1, 0.15) is 56.8 Å². The smallest absolute Gasteiger partial charge is 0.274 e. The van der Waals surface area contributed by atoms with E-state index in [9.17, 15) is 9.59 Å². The van der Waals surface area contributed by atoms with Gasteiger partial charge in [-0.2, -0.15) is 0 Å². The first-order chi connectivity index (χ1) is 20.3. The van der Waals surface area contributed by atoms with Crippen LogP contribution in [-0.2, 0) is 7.05 Å². The van der Waals surface area contributed by atoms with Gasteiger partial charge in [-0.25, -0.2) is 0 Å². The molecule has 216 valence electrons. The number of carbonyl (C=O) groups is 1. The quantitative estimate of drug-likeness (QED) is 0.318. The van der Waals surface area contributed by atoms with Crippen molar-refractivity contribution in [3.63, 3.8) is 0 Å². The molecule has 4 aromatic rings. The summed E-state index contributed by atoms with van der Waals surface area (Å²) < 4.78 is 1.57. The number of anilines is 4. The fourth-order valence-corrected chi connectivity index (χ4v) is 7.91. The Bertz CT molecular complexity index is 1690. The number of hydrogen-bond acceptors (Lipinski definition) is 8. The molecule has 2 bridgehead atoms. The third-order valence-corrected chi connectivity index (χ3v) is 10.4. The molecule has 0 spiro atoms. The molecule has 1 amide bonds. The van der Waals surface area contributed by atoms with Crippen LogP contribution in [0.5, 0.6) is 0 Å². The van der Waals surface area contributed by atoms with Gasteiger partial charge in [-0.05, 0) is 92.1 Å². The van der Waals surface area contributed by atoms with E-state index in [4.69, 9.17) is 0 Å². The molecule has 2 unspecified atom stereocenters. The minimum atomic E-state index is -0.162. The first-order valence-electron chi connectivity index (χ1n) is 14.6. The van der Waals surface area contributed by atoms with Gasteiger partial charge < -0.3 is 25.0 Å². The van der Waals surface area contributed by atoms with Crippen molar-refractivity contribution in [2.45, 2.75) is 38.0 Å². The lowest BCUT2D eigenvalue weighted by atomic mass is 9.98. The largest absolute Gasteiger partial charge is 0.353 e. The summed E-state index contributed by atoms with van der Waals surface area (Å²) in [6.07, 6.45) is 5.59. The molecule has 1 aromatic carbocycles. The first-order valence-corrected chi connectivity index (χ1v) is 15.5. The predicted molar refractivity (Wildman–Crippen MR) is 168 cm³/mol. The lowest BCUT2D eigenvalue weighted by Crippen LogP contribution is -2.44. The summed E-state index contributed by atoms with van der Waals surface area (Å²) in [6.45, 7) is 5.81. The van der Waals surface area contributed by atoms with Gasteiger partial charge in [-0.15, -0.1) is 21.5 Å². The monoisotopic (exact) mass is 581 g/mol. The fraction of sp³-hybridized carbons (Fsp3) is 0.375. The van der Waals surface area contributed by atoms with Gasteiger partial charge in [0.1, 0.15) is 5.69 Å². The van der Waals surface area contributed by atoms with Gasteiger partial charge in [0.05, 0.1) is 4.88 Å². The van der Waals surface area contributed by atoms with Gasteiger partial charge in [-0.1, -0.05) is 12.1 Å². The van der Waals surface area contributed by atoms with Gasteiger partial charge in [0.15, 0.2) is 11.6 Å². The molecule has 0 radical (unpaired) electrons. The van der Waals surface area contributed by atoms with Crippen LogP contribution in [0.25, 0.3) is 11.1 Å². The van der Waals surface area contributed by atoms with E-state index in [0.29, 0.717) is 23.3 Å². The first kappa shape index (κ1) is 26.9. The molecule has 4 heterocycles. The number of aryl methyl sites for hydroxylation is 1. The van der Waals surface area contributed by atoms with Crippen LogP contribution in [0, 0.1) is 6.92 Å². The number of nitrogens with one attached hydrogen (secondary N) is 2. The third kappa shape index (κ3) is 4.88. The zero-order valence-electron chi connectivity index (χ0n) is 24.2. The number of carbonyl (C=O) groups excluding carboxylic acids is 1. The second-order valence-corrected chi connectivity index (χ2v) is 12.9. The lowest BCUT2D eigenvalue weighted by Gasteiger charge is -2.32. The molecule has 1 aliphatic heterocycles. The summed E-state index contributed by atoms with van der Waals surface area (Å²) >= 11 is 1.66. The number of benzene rings is 1. The second kappa shape index (κ2) is 10.7. The third-order valence-electron chi connectivity index (χ3n) is 9.07. The number of aromatic nitrogens is 3. The zero-order valence-corrected chi connectivity index (χ0v) is 25.0. The van der Waals surface area contributed by atoms with Crippen molar-refractivity contribution in [2.75, 3.05) is 48.8 Å². The highest BCUT2D eigenvalue weighted by molar-refractivity contribution is 7.14. The van der Waals surface area contributed by atoms with Crippen molar-refractivity contribution < 1.29 is 4.79 Å². The molecule has 10 heteroatoms. The predicted octanol–water partition coefficient (Wildman–Crippen LogP) is 5.32. The molecular weight excluding hydrogens is 546 g/mol. The Morgan fingerprint density at radius 2 is 1.79 bits per heavy atom. The standard InChI is InChI=1S/C32H35N7O2S/c1-19-23(5-4-6-25(19)34-31(40)27-17-24-20-7-8-21(15-20)30(24)42-27)22-16-26(32(41)38(3)18-22)33-28-9-10-29(36-35-28)39-13-11-37(2)12-14-39/h4-6,9-10,16-18,20-21H,7-8,11-15H2,1-3H3,(H,33,35)(H,34,40). The van der Waals surface area contributed by atoms with Crippen LogP contribution in [0.3, 0.4) is 0 Å². The molecule has 1 saturated carbocycles. The summed E-state index contributed by atoms with van der Waals surface area (Å²) in [5, 5.41) is 15.1. The number of rotatable bonds is 6. The lowest BCUT2D eigenvalue weighted by molar-refractivity contribution is 0.103. The molecule has 9 nitrogen and oxygen atoms in total. The molecule has 2 atom stereocenters. The Labute approximate surface area is 249 Å². The molecular formula is C32H35N7O2S. The minimum absolute atomic E-state index is 0.0598. The van der Waals surface area contributed by atoms with Crippen LogP contribution in [-0.4, -0.2) is 58.8 Å². The van der Waals surface area contributed by atoms with Crippen molar-refractivity contribution in [3.8, 4) is 11.1 Å². The van der Waals surface area contributed by atoms with Crippen LogP contribution < -0.4 is 21.1 Å². The number of nitrogens with zero attached hydrogens (tertiary/aromatic N) is 5. The second-order valence-electron chi connectivity index (χ2n) is 11.8. The molecule has 1 saturated heterocycles. The van der Waals surface area contributed by atoms with E-state index in [2.05, 4.69) is 43.7 Å². The SMILES string of the molecule is Cc1c(NC(=O)c2cc3c(s2)C2CCC3C2)cccc1-c1cc(Nc2ccc(N3CCN(C)CC3)nn2)c(=O)n(C)c1. The Hall–Kier alpha value is -4.02. The van der Waals surface area contributed by atoms with E-state index in [1.807, 2.05) is 49.5 Å². The highest BCUT2D eigenvalue weighted by Gasteiger charge is 2.39. The number of hydrogen-bond donors (Lipinski definition) is 2. The highest BCUT2D eigenvalue weighted by atomic mass is 32.1. The molecule has 7 rings (SSSR count). The molecule has 2 aliphatic carbocycles. The maximum absolute atomic E-state index is 13.3. The normalized spacial score (nSPS) is 19.6. The van der Waals surface area contributed by atoms with E-state index >= 15 is 0 Å². The maximum atomic E-state index is 13.3. The van der Waals surface area contributed by atoms with Gasteiger partial charge in [0.2, 0.25) is 0 Å². The van der Waals surface area contributed by atoms with Crippen molar-refractivity contribution in [2.24, 2.45) is 7.05 Å². The van der Waals surface area contributed by atoms with Crippen LogP contribution >= 0.6 is 11.3 Å². The molecule has 3 aliphatic rings. The summed E-state index contributed by atoms with van der Waals surface area (Å²) in [6, 6.07) is 13.6. The van der Waals surface area contributed by atoms with E-state index in [0.717, 1.165) is 59.3 Å². The molecule has 2 N–H and O–H groups in total. The Balaban J connectivity index is 1.11. The number of piperazine rings is 1. The fourth-order valence-electron chi connectivity index (χ4n) is 6.62. The topological polar surface area (TPSA) is 95.4 Å². The van der Waals surface area contributed by atoms with E-state index in [1.54, 1.807) is 23.0 Å². The van der Waals surface area contributed by atoms with Crippen molar-refractivity contribution in [3.05, 3.63) is 79.9 Å². The van der Waals surface area contributed by atoms with Crippen molar-refractivity contribution in [1.82, 2.24) is 19.7 Å². The van der Waals surface area contributed by atoms with Gasteiger partial charge >= 0.3 is 0 Å². The van der Waals surface area contributed by atoms with E-state index in [-0.39, 0.29) is 11.5 Å². The Morgan fingerprint density at radius 1 is 0.976 bits per heavy atom. The van der Waals surface area contributed by atoms with E-state index in [1.165, 1.54) is 29.7 Å². The number of thiophene rings is 1. The molecule has 2 fully saturated rings. The number of fused-ring (bicyclic) bond motifs is 5. The van der Waals surface area contributed by atoms with Crippen molar-refractivity contribution in [1.29, 1.82) is 0 Å². The highest BCUT2D eigenvalue weighted by Crippen LogP contribution is 2.56. The van der Waals surface area contributed by atoms with Gasteiger partial charge in [-0.3, -0.25) is 9.59 Å². The molecule has 42 heavy (non-hydrogen) atoms.